The molecule has 10 atom stereocenters. The third-order valence-corrected chi connectivity index (χ3v) is 11.6. The molecule has 3 aliphatic rings. The first-order valence-corrected chi connectivity index (χ1v) is 19.4. The lowest BCUT2D eigenvalue weighted by Gasteiger charge is -2.26. The Morgan fingerprint density at radius 3 is 2.50 bits per heavy atom. The van der Waals surface area contributed by atoms with Gasteiger partial charge < -0.3 is 25.7 Å². The molecule has 3 saturated heterocycles. The molecule has 7 heterocycles. The monoisotopic (exact) mass is 739 g/mol. The molecule has 0 aliphatic carbocycles. The topological polar surface area (TPSA) is 253 Å². The van der Waals surface area contributed by atoms with Crippen molar-refractivity contribution in [1.29, 1.82) is 0 Å². The summed E-state index contributed by atoms with van der Waals surface area (Å²) in [5.74, 6) is -0.117. The fourth-order valence-electron chi connectivity index (χ4n) is 5.48. The van der Waals surface area contributed by atoms with E-state index in [-0.39, 0.29) is 38.8 Å². The Kier molecular flexibility index (Phi) is 8.43. The lowest BCUT2D eigenvalue weighted by Crippen LogP contribution is -2.36. The van der Waals surface area contributed by atoms with E-state index in [2.05, 4.69) is 53.8 Å². The third-order valence-electron chi connectivity index (χ3n) is 7.46. The molecule has 248 valence electrons. The van der Waals surface area contributed by atoms with Crippen molar-refractivity contribution in [2.75, 3.05) is 31.8 Å². The zero-order chi connectivity index (χ0) is 32.5. The van der Waals surface area contributed by atoms with Crippen LogP contribution in [0.1, 0.15) is 17.2 Å². The molecule has 3 aliphatic heterocycles. The van der Waals surface area contributed by atoms with E-state index < -0.39 is 81.4 Å². The second kappa shape index (κ2) is 12.0. The highest BCUT2D eigenvalue weighted by atomic mass is 32.7. The first-order chi connectivity index (χ1) is 21.9. The minimum absolute atomic E-state index is 0.0160. The van der Waals surface area contributed by atoms with E-state index in [0.717, 1.165) is 11.5 Å². The number of rotatable bonds is 3. The molecule has 4 aromatic heterocycles. The van der Waals surface area contributed by atoms with Crippen LogP contribution in [0.25, 0.3) is 22.2 Å². The largest absolute Gasteiger partial charge is 0.386 e. The van der Waals surface area contributed by atoms with Crippen LogP contribution in [0.2, 0.25) is 0 Å². The van der Waals surface area contributed by atoms with E-state index in [9.17, 15) is 13.9 Å². The van der Waals surface area contributed by atoms with Crippen molar-refractivity contribution >= 4 is 83.6 Å². The predicted octanol–water partition coefficient (Wildman–Crippen LogP) is 1.97. The number of methoxy groups -OCH3 is 1. The van der Waals surface area contributed by atoms with E-state index >= 15 is 4.39 Å². The number of alkyl halides is 1. The summed E-state index contributed by atoms with van der Waals surface area (Å²) >= 11 is 9.09. The fourth-order valence-corrected chi connectivity index (χ4v) is 9.30. The van der Waals surface area contributed by atoms with Crippen LogP contribution in [0, 0.1) is 0 Å². The number of thiol groups is 2. The minimum Gasteiger partial charge on any atom is -0.382 e. The van der Waals surface area contributed by atoms with Crippen molar-refractivity contribution in [2.45, 2.75) is 49.0 Å². The van der Waals surface area contributed by atoms with E-state index in [4.69, 9.17) is 43.8 Å². The second-order valence-corrected chi connectivity index (χ2v) is 16.8. The molecule has 0 unspecified atom stereocenters. The van der Waals surface area contributed by atoms with Gasteiger partial charge in [-0.25, -0.2) is 33.5 Å². The number of hydrogen-bond acceptors (Lipinski definition) is 18. The number of fused-ring (bicyclic) bond motifs is 5. The highest BCUT2D eigenvalue weighted by Crippen LogP contribution is 2.61. The Bertz CT molecular complexity index is 1970. The molecule has 0 saturated carbocycles. The fraction of sp³-hybridized carbons (Fsp3) is 0.524. The van der Waals surface area contributed by atoms with Crippen LogP contribution in [0.4, 0.5) is 16.2 Å². The molecule has 3 fully saturated rings. The minimum atomic E-state index is -4.35. The van der Waals surface area contributed by atoms with E-state index in [0.29, 0.717) is 0 Å². The summed E-state index contributed by atoms with van der Waals surface area (Å²) in [7, 11) is 1.33. The average Bonchev–Trinajstić information content (AvgIpc) is 3.75. The Labute approximate surface area is 271 Å². The van der Waals surface area contributed by atoms with Crippen molar-refractivity contribution in [3.05, 3.63) is 27.9 Å². The lowest BCUT2D eigenvalue weighted by atomic mass is 10.1. The Morgan fingerprint density at radius 2 is 1.76 bits per heavy atom. The number of halogens is 1. The molecule has 5 N–H and O–H groups in total. The van der Waals surface area contributed by atoms with Gasteiger partial charge in [-0.1, -0.05) is 24.5 Å². The van der Waals surface area contributed by atoms with Gasteiger partial charge in [0.25, 0.3) is 5.56 Å². The molecule has 19 nitrogen and oxygen atoms in total. The molecule has 25 heteroatoms. The number of imidazole rings is 1. The van der Waals surface area contributed by atoms with Crippen LogP contribution in [0.5, 0.6) is 0 Å². The number of nitrogens with two attached hydrogens (primary N) is 2. The molecule has 4 aromatic rings. The van der Waals surface area contributed by atoms with Crippen molar-refractivity contribution in [3.63, 3.8) is 0 Å². The van der Waals surface area contributed by atoms with Crippen LogP contribution in [0.3, 0.4) is 0 Å². The molecule has 0 aromatic carbocycles. The third kappa shape index (κ3) is 5.75. The van der Waals surface area contributed by atoms with Crippen LogP contribution in [-0.2, 0) is 41.4 Å². The Morgan fingerprint density at radius 1 is 1.04 bits per heavy atom. The molecule has 0 amide bonds. The number of aromatic nitrogens is 7. The Hall–Kier alpha value is -2.27. The van der Waals surface area contributed by atoms with Gasteiger partial charge in [0, 0.05) is 7.11 Å². The van der Waals surface area contributed by atoms with Gasteiger partial charge in [-0.2, -0.15) is 4.37 Å². The van der Waals surface area contributed by atoms with Crippen LogP contribution >= 0.6 is 49.6 Å². The van der Waals surface area contributed by atoms with E-state index in [1.807, 2.05) is 0 Å². The zero-order valence-corrected chi connectivity index (χ0v) is 27.6. The highest BCUT2D eigenvalue weighted by Gasteiger charge is 2.54. The van der Waals surface area contributed by atoms with Gasteiger partial charge in [0.15, 0.2) is 29.4 Å². The molecule has 7 rings (SSSR count). The maximum Gasteiger partial charge on any atom is 0.386 e. The molecular formula is C21H24FN9O10P2S3. The van der Waals surface area contributed by atoms with Gasteiger partial charge in [-0.15, -0.1) is 0 Å². The van der Waals surface area contributed by atoms with Crippen LogP contribution in [-0.4, -0.2) is 90.9 Å². The summed E-state index contributed by atoms with van der Waals surface area (Å²) in [6, 6.07) is 0. The number of H-pyrrole nitrogens is 1. The zero-order valence-electron chi connectivity index (χ0n) is 23.2. The normalized spacial score (nSPS) is 37.1. The number of ether oxygens (including phenoxy) is 3. The van der Waals surface area contributed by atoms with E-state index in [1.165, 1.54) is 24.3 Å². The van der Waals surface area contributed by atoms with Gasteiger partial charge in [0.05, 0.1) is 24.4 Å². The number of nitrogens with one attached hydrogen (secondary N) is 1. The highest BCUT2D eigenvalue weighted by molar-refractivity contribution is 8.44. The Balaban J connectivity index is 1.22. The molecule has 2 bridgehead atoms. The number of anilines is 2. The standard InChI is InChI=1S/C21H24FN9O10P2S3/c1-35-13-7-3-37-42(33,44)40-12-6(39-20(8(12)22)31-5-27-11-17(23)25-4-26-18(11)31)2-36-43(34,45)41-14(13)15(38-7)16-9-10(30-46-16)19(32)29-21(24)28-9/h4-8,12-15,20H,2-3H2,1H3,(H,33,44)(H,34,45)(H2,23,25,26)(H3,24,28,29,32)/t6-,7-,8-,12-,13-,14-,15-,20-,42+,43+/m1/s1. The summed E-state index contributed by atoms with van der Waals surface area (Å²) < 4.78 is 88.9. The maximum atomic E-state index is 16.1. The van der Waals surface area contributed by atoms with Crippen molar-refractivity contribution < 1.29 is 45.8 Å². The quantitative estimate of drug-likeness (QED) is 0.149. The number of nitrogens with zero attached hydrogens (tertiary/aromatic N) is 6. The smallest absolute Gasteiger partial charge is 0.382 e. The molecule has 0 radical (unpaired) electrons. The average molecular weight is 740 g/mol. The van der Waals surface area contributed by atoms with Crippen molar-refractivity contribution in [3.8, 4) is 0 Å². The number of aromatic amines is 1. The van der Waals surface area contributed by atoms with Gasteiger partial charge in [-0.3, -0.25) is 32.4 Å². The summed E-state index contributed by atoms with van der Waals surface area (Å²) in [6.07, 6.45) is -8.39. The van der Waals surface area contributed by atoms with Gasteiger partial charge in [-0.05, 0) is 11.5 Å². The molecular weight excluding hydrogens is 715 g/mol. The van der Waals surface area contributed by atoms with Crippen LogP contribution in [0.15, 0.2) is 17.4 Å². The number of nitrogen functional groups attached to an aromatic ring is 2. The first-order valence-electron chi connectivity index (χ1n) is 13.2. The summed E-state index contributed by atoms with van der Waals surface area (Å²) in [4.78, 5) is 31.3. The van der Waals surface area contributed by atoms with Crippen molar-refractivity contribution in [1.82, 2.24) is 33.9 Å². The summed E-state index contributed by atoms with van der Waals surface area (Å²) in [5.41, 5.74) is 11.5. The second-order valence-electron chi connectivity index (χ2n) is 10.3. The van der Waals surface area contributed by atoms with E-state index in [1.54, 1.807) is 0 Å². The predicted molar refractivity (Wildman–Crippen MR) is 164 cm³/mol. The molecule has 0 spiro atoms. The van der Waals surface area contributed by atoms with Crippen molar-refractivity contribution in [2.24, 2.45) is 0 Å². The maximum absolute atomic E-state index is 16.1. The van der Waals surface area contributed by atoms with Gasteiger partial charge in [0.1, 0.15) is 54.0 Å². The summed E-state index contributed by atoms with van der Waals surface area (Å²) in [5, 5.41) is 0. The SMILES string of the molecule is CO[C@H]1[C@H]2O[P@@](=O)(S)OC[C@H]3O[C@@H](n4cnc5c(N)ncnc54)[C@H](F)[C@@H]3O[P@@](=O)(S)OC[C@H]1O[C@H]2c1snc2c(=O)[nH]c(N)nc12. The number of hydrogen-bond donors (Lipinski definition) is 5. The van der Waals surface area contributed by atoms with Gasteiger partial charge in [0.2, 0.25) is 5.95 Å². The molecule has 46 heavy (non-hydrogen) atoms. The van der Waals surface area contributed by atoms with Gasteiger partial charge >= 0.3 is 13.6 Å². The first kappa shape index (κ1) is 32.3. The van der Waals surface area contributed by atoms with Crippen LogP contribution < -0.4 is 17.0 Å². The summed E-state index contributed by atoms with van der Waals surface area (Å²) in [6.45, 7) is -9.77. The lowest BCUT2D eigenvalue weighted by molar-refractivity contribution is -0.0453.